The molecule has 2 aromatic rings. The lowest BCUT2D eigenvalue weighted by molar-refractivity contribution is -0.123. The Balaban J connectivity index is 1.74. The highest BCUT2D eigenvalue weighted by molar-refractivity contribution is 9.10. The summed E-state index contributed by atoms with van der Waals surface area (Å²) in [6, 6.07) is 15.0. The topological polar surface area (TPSA) is 47.6 Å². The first-order valence-electron chi connectivity index (χ1n) is 7.04. The van der Waals surface area contributed by atoms with Crippen molar-refractivity contribution in [3.05, 3.63) is 58.6 Å². The van der Waals surface area contributed by atoms with Crippen molar-refractivity contribution in [3.63, 3.8) is 0 Å². The molecular weight excluding hydrogens is 346 g/mol. The van der Waals surface area contributed by atoms with Crippen molar-refractivity contribution >= 4 is 21.8 Å². The van der Waals surface area contributed by atoms with Gasteiger partial charge in [-0.2, -0.15) is 0 Å². The fourth-order valence-electron chi connectivity index (χ4n) is 1.80. The van der Waals surface area contributed by atoms with E-state index < -0.39 is 0 Å². The molecule has 0 saturated heterocycles. The van der Waals surface area contributed by atoms with Gasteiger partial charge in [0.2, 0.25) is 0 Å². The van der Waals surface area contributed by atoms with Crippen LogP contribution in [-0.4, -0.2) is 19.1 Å². The van der Waals surface area contributed by atoms with Gasteiger partial charge in [0.15, 0.2) is 6.61 Å². The molecule has 1 amide bonds. The molecule has 2 aromatic carbocycles. The number of carbonyl (C=O) groups excluding carboxylic acids is 1. The van der Waals surface area contributed by atoms with Gasteiger partial charge in [0.25, 0.3) is 5.91 Å². The van der Waals surface area contributed by atoms with Crippen LogP contribution in [0.5, 0.6) is 11.5 Å². The highest BCUT2D eigenvalue weighted by Crippen LogP contribution is 2.16. The predicted octanol–water partition coefficient (Wildman–Crippen LogP) is 3.54. The summed E-state index contributed by atoms with van der Waals surface area (Å²) in [5.74, 6) is 1.34. The summed E-state index contributed by atoms with van der Waals surface area (Å²) < 4.78 is 11.8. The molecular formula is C17H18BrNO3. The third kappa shape index (κ3) is 5.41. The molecule has 4 nitrogen and oxygen atoms in total. The Morgan fingerprint density at radius 3 is 2.23 bits per heavy atom. The van der Waals surface area contributed by atoms with E-state index in [-0.39, 0.29) is 12.5 Å². The van der Waals surface area contributed by atoms with Crippen molar-refractivity contribution in [2.75, 3.05) is 13.2 Å². The number of hydrogen-bond acceptors (Lipinski definition) is 3. The van der Waals surface area contributed by atoms with E-state index in [0.29, 0.717) is 18.9 Å². The zero-order chi connectivity index (χ0) is 15.8. The lowest BCUT2D eigenvalue weighted by Gasteiger charge is -2.08. The average Bonchev–Trinajstić information content (AvgIpc) is 2.54. The Labute approximate surface area is 138 Å². The van der Waals surface area contributed by atoms with E-state index in [0.717, 1.165) is 15.8 Å². The van der Waals surface area contributed by atoms with Crippen LogP contribution in [0.25, 0.3) is 0 Å². The normalized spacial score (nSPS) is 10.1. The third-order valence-electron chi connectivity index (χ3n) is 2.91. The molecule has 0 bridgehead atoms. The fourth-order valence-corrected chi connectivity index (χ4v) is 2.07. The summed E-state index contributed by atoms with van der Waals surface area (Å²) in [6.45, 7) is 3.05. The number of carbonyl (C=O) groups is 1. The first kappa shape index (κ1) is 16.4. The number of ether oxygens (including phenoxy) is 2. The first-order valence-corrected chi connectivity index (χ1v) is 7.83. The minimum absolute atomic E-state index is 0.00133. The quantitative estimate of drug-likeness (QED) is 0.818. The second-order valence-corrected chi connectivity index (χ2v) is 5.51. The molecule has 116 valence electrons. The van der Waals surface area contributed by atoms with Crippen LogP contribution in [0.1, 0.15) is 12.5 Å². The Morgan fingerprint density at radius 1 is 1.00 bits per heavy atom. The zero-order valence-electron chi connectivity index (χ0n) is 12.3. The van der Waals surface area contributed by atoms with E-state index >= 15 is 0 Å². The van der Waals surface area contributed by atoms with Crippen LogP contribution in [0, 0.1) is 0 Å². The fraction of sp³-hybridized carbons (Fsp3) is 0.235. The van der Waals surface area contributed by atoms with E-state index in [1.807, 2.05) is 55.5 Å². The Morgan fingerprint density at radius 2 is 1.59 bits per heavy atom. The van der Waals surface area contributed by atoms with Crippen molar-refractivity contribution in [1.29, 1.82) is 0 Å². The molecule has 0 fully saturated rings. The number of nitrogens with one attached hydrogen (secondary N) is 1. The highest BCUT2D eigenvalue weighted by atomic mass is 79.9. The van der Waals surface area contributed by atoms with Gasteiger partial charge < -0.3 is 14.8 Å². The summed E-state index contributed by atoms with van der Waals surface area (Å²) in [6.07, 6.45) is 0. The molecule has 0 aromatic heterocycles. The highest BCUT2D eigenvalue weighted by Gasteiger charge is 2.03. The Hall–Kier alpha value is -2.01. The molecule has 0 heterocycles. The van der Waals surface area contributed by atoms with Crippen molar-refractivity contribution in [3.8, 4) is 11.5 Å². The van der Waals surface area contributed by atoms with Crippen LogP contribution in [0.15, 0.2) is 53.0 Å². The van der Waals surface area contributed by atoms with E-state index in [1.54, 1.807) is 0 Å². The van der Waals surface area contributed by atoms with Gasteiger partial charge >= 0.3 is 0 Å². The van der Waals surface area contributed by atoms with Gasteiger partial charge in [0, 0.05) is 11.0 Å². The maximum Gasteiger partial charge on any atom is 0.258 e. The van der Waals surface area contributed by atoms with Crippen molar-refractivity contribution in [2.24, 2.45) is 0 Å². The van der Waals surface area contributed by atoms with Crippen LogP contribution in [0.4, 0.5) is 0 Å². The molecule has 2 rings (SSSR count). The lowest BCUT2D eigenvalue weighted by Crippen LogP contribution is -2.28. The van der Waals surface area contributed by atoms with Crippen LogP contribution in [0.3, 0.4) is 0 Å². The second kappa shape index (κ2) is 8.44. The van der Waals surface area contributed by atoms with Crippen molar-refractivity contribution < 1.29 is 14.3 Å². The largest absolute Gasteiger partial charge is 0.494 e. The maximum absolute atomic E-state index is 11.8. The van der Waals surface area contributed by atoms with Gasteiger partial charge in [-0.1, -0.05) is 28.1 Å². The van der Waals surface area contributed by atoms with Gasteiger partial charge in [-0.25, -0.2) is 0 Å². The maximum atomic E-state index is 11.8. The SMILES string of the molecule is CCOc1ccc(CNC(=O)COc2ccc(Br)cc2)cc1. The molecule has 0 spiro atoms. The van der Waals surface area contributed by atoms with Gasteiger partial charge in [-0.3, -0.25) is 4.79 Å². The predicted molar refractivity (Wildman–Crippen MR) is 89.1 cm³/mol. The molecule has 0 aliphatic rings. The molecule has 5 heteroatoms. The second-order valence-electron chi connectivity index (χ2n) is 4.60. The Kier molecular flexibility index (Phi) is 6.27. The number of amides is 1. The van der Waals surface area contributed by atoms with Crippen LogP contribution in [0.2, 0.25) is 0 Å². The summed E-state index contributed by atoms with van der Waals surface area (Å²) in [5.41, 5.74) is 1.01. The van der Waals surface area contributed by atoms with Crippen molar-refractivity contribution in [2.45, 2.75) is 13.5 Å². The van der Waals surface area contributed by atoms with Gasteiger partial charge in [0.1, 0.15) is 11.5 Å². The van der Waals surface area contributed by atoms with Crippen LogP contribution < -0.4 is 14.8 Å². The summed E-state index contributed by atoms with van der Waals surface area (Å²) in [7, 11) is 0. The van der Waals surface area contributed by atoms with Gasteiger partial charge in [-0.05, 0) is 48.9 Å². The minimum atomic E-state index is -0.156. The standard InChI is InChI=1S/C17H18BrNO3/c1-2-21-15-7-3-13(4-8-15)11-19-17(20)12-22-16-9-5-14(18)6-10-16/h3-10H,2,11-12H2,1H3,(H,19,20). The molecule has 0 radical (unpaired) electrons. The molecule has 0 unspecified atom stereocenters. The van der Waals surface area contributed by atoms with Crippen LogP contribution in [-0.2, 0) is 11.3 Å². The van der Waals surface area contributed by atoms with Crippen LogP contribution >= 0.6 is 15.9 Å². The minimum Gasteiger partial charge on any atom is -0.494 e. The smallest absolute Gasteiger partial charge is 0.258 e. The molecule has 0 aliphatic carbocycles. The number of benzene rings is 2. The van der Waals surface area contributed by atoms with Crippen molar-refractivity contribution in [1.82, 2.24) is 5.32 Å². The monoisotopic (exact) mass is 363 g/mol. The summed E-state index contributed by atoms with van der Waals surface area (Å²) >= 11 is 3.35. The van der Waals surface area contributed by atoms with E-state index in [2.05, 4.69) is 21.2 Å². The van der Waals surface area contributed by atoms with Gasteiger partial charge in [-0.15, -0.1) is 0 Å². The number of halogens is 1. The third-order valence-corrected chi connectivity index (χ3v) is 3.44. The van der Waals surface area contributed by atoms with E-state index in [9.17, 15) is 4.79 Å². The number of hydrogen-bond donors (Lipinski definition) is 1. The van der Waals surface area contributed by atoms with E-state index in [1.165, 1.54) is 0 Å². The van der Waals surface area contributed by atoms with Gasteiger partial charge in [0.05, 0.1) is 6.61 Å². The number of rotatable bonds is 7. The van der Waals surface area contributed by atoms with E-state index in [4.69, 9.17) is 9.47 Å². The first-order chi connectivity index (χ1) is 10.7. The molecule has 0 atom stereocenters. The summed E-state index contributed by atoms with van der Waals surface area (Å²) in [4.78, 5) is 11.8. The zero-order valence-corrected chi connectivity index (χ0v) is 13.9. The molecule has 1 N–H and O–H groups in total. The lowest BCUT2D eigenvalue weighted by atomic mass is 10.2. The molecule has 0 saturated carbocycles. The molecule has 22 heavy (non-hydrogen) atoms. The average molecular weight is 364 g/mol. The Bertz CT molecular complexity index is 596. The molecule has 0 aliphatic heterocycles. The summed E-state index contributed by atoms with van der Waals surface area (Å²) in [5, 5.41) is 2.82.